The van der Waals surface area contributed by atoms with E-state index in [1.807, 2.05) is 26.0 Å². The molecule has 0 fully saturated rings. The Kier molecular flexibility index (Phi) is 6.66. The van der Waals surface area contributed by atoms with Gasteiger partial charge in [-0.25, -0.2) is 4.98 Å². The molecule has 0 aliphatic carbocycles. The van der Waals surface area contributed by atoms with E-state index in [0.717, 1.165) is 22.5 Å². The molecule has 0 radical (unpaired) electrons. The third kappa shape index (κ3) is 5.31. The zero-order valence-corrected chi connectivity index (χ0v) is 17.4. The largest absolute Gasteiger partial charge is 0.609 e. The van der Waals surface area contributed by atoms with Gasteiger partial charge in [-0.1, -0.05) is 17.8 Å². The van der Waals surface area contributed by atoms with Crippen molar-refractivity contribution in [3.05, 3.63) is 71.2 Å². The monoisotopic (exact) mass is 412 g/mol. The third-order valence-electron chi connectivity index (χ3n) is 3.80. The number of carbonyl (C=O) groups is 1. The van der Waals surface area contributed by atoms with Crippen LogP contribution in [-0.2, 0) is 16.9 Å². The number of hydrogen-bond acceptors (Lipinski definition) is 6. The van der Waals surface area contributed by atoms with Gasteiger partial charge in [-0.3, -0.25) is 4.79 Å². The topological polar surface area (TPSA) is 90.8 Å². The molecular formula is C20H20N4O2S2. The summed E-state index contributed by atoms with van der Waals surface area (Å²) < 4.78 is 11.6. The number of pyridine rings is 1. The van der Waals surface area contributed by atoms with E-state index in [4.69, 9.17) is 0 Å². The van der Waals surface area contributed by atoms with Gasteiger partial charge < -0.3 is 9.87 Å². The van der Waals surface area contributed by atoms with Gasteiger partial charge in [0.15, 0.2) is 0 Å². The van der Waals surface area contributed by atoms with Crippen LogP contribution in [0.5, 0.6) is 0 Å². The molecule has 6 nitrogen and oxygen atoms in total. The van der Waals surface area contributed by atoms with E-state index in [0.29, 0.717) is 21.5 Å². The lowest BCUT2D eigenvalue weighted by Crippen LogP contribution is -2.14. The number of anilines is 1. The van der Waals surface area contributed by atoms with Gasteiger partial charge in [0.05, 0.1) is 11.3 Å². The minimum absolute atomic E-state index is 0.210. The van der Waals surface area contributed by atoms with Gasteiger partial charge in [0.2, 0.25) is 0 Å². The second-order valence-corrected chi connectivity index (χ2v) is 8.50. The second-order valence-electron chi connectivity index (χ2n) is 6.26. The summed E-state index contributed by atoms with van der Waals surface area (Å²) in [4.78, 5) is 25.4. The number of nitrogens with one attached hydrogen (secondary N) is 1. The van der Waals surface area contributed by atoms with Crippen LogP contribution in [0.1, 0.15) is 27.2 Å². The number of amides is 1. The summed E-state index contributed by atoms with van der Waals surface area (Å²) in [5, 5.41) is 3.86. The van der Waals surface area contributed by atoms with Crippen molar-refractivity contribution in [1.82, 2.24) is 15.0 Å². The van der Waals surface area contributed by atoms with Crippen molar-refractivity contribution in [3.8, 4) is 0 Å². The number of thioether (sulfide) groups is 1. The highest BCUT2D eigenvalue weighted by molar-refractivity contribution is 7.98. The zero-order valence-electron chi connectivity index (χ0n) is 15.8. The first-order valence-corrected chi connectivity index (χ1v) is 11.1. The van der Waals surface area contributed by atoms with Crippen molar-refractivity contribution in [1.29, 1.82) is 0 Å². The Hall–Kier alpha value is -2.42. The van der Waals surface area contributed by atoms with Crippen molar-refractivity contribution in [3.63, 3.8) is 0 Å². The molecule has 0 aliphatic rings. The molecule has 8 heteroatoms. The van der Waals surface area contributed by atoms with E-state index in [2.05, 4.69) is 26.3 Å². The summed E-state index contributed by atoms with van der Waals surface area (Å²) in [6.45, 7) is 3.99. The fourth-order valence-corrected chi connectivity index (χ4v) is 4.01. The summed E-state index contributed by atoms with van der Waals surface area (Å²) in [6, 6.07) is 11.2. The maximum Gasteiger partial charge on any atom is 0.342 e. The molecule has 144 valence electrons. The van der Waals surface area contributed by atoms with E-state index in [1.54, 1.807) is 36.8 Å². The lowest BCUT2D eigenvalue weighted by Gasteiger charge is -2.10. The first kappa shape index (κ1) is 20.3. The van der Waals surface area contributed by atoms with E-state index >= 15 is 0 Å². The van der Waals surface area contributed by atoms with Crippen LogP contribution < -0.4 is 5.32 Å². The van der Waals surface area contributed by atoms with Gasteiger partial charge in [0, 0.05) is 35.0 Å². The Morgan fingerprint density at radius 3 is 2.61 bits per heavy atom. The van der Waals surface area contributed by atoms with Crippen LogP contribution in [0, 0.1) is 13.8 Å². The maximum absolute atomic E-state index is 12.8. The van der Waals surface area contributed by atoms with Crippen molar-refractivity contribution < 1.29 is 9.35 Å². The van der Waals surface area contributed by atoms with Crippen LogP contribution >= 0.6 is 11.8 Å². The molecule has 3 rings (SSSR count). The molecule has 0 saturated heterocycles. The summed E-state index contributed by atoms with van der Waals surface area (Å²) >= 11 is 0.168. The van der Waals surface area contributed by atoms with E-state index in [-0.39, 0.29) is 5.91 Å². The van der Waals surface area contributed by atoms with Crippen LogP contribution in [0.3, 0.4) is 0 Å². The molecule has 0 spiro atoms. The minimum atomic E-state index is -1.24. The Bertz CT molecular complexity index is 975. The average molecular weight is 413 g/mol. The molecule has 2 heterocycles. The molecule has 3 aromatic rings. The van der Waals surface area contributed by atoms with Crippen LogP contribution in [0.15, 0.2) is 59.0 Å². The number of carbonyl (C=O) groups excluding carboxylic acids is 1. The van der Waals surface area contributed by atoms with E-state index in [9.17, 15) is 9.35 Å². The summed E-state index contributed by atoms with van der Waals surface area (Å²) in [5.41, 5.74) is 4.16. The molecule has 0 bridgehead atoms. The Labute approximate surface area is 171 Å². The number of rotatable bonds is 6. The van der Waals surface area contributed by atoms with Gasteiger partial charge in [0.25, 0.3) is 5.91 Å². The summed E-state index contributed by atoms with van der Waals surface area (Å²) in [6.07, 6.45) is 4.79. The zero-order chi connectivity index (χ0) is 20.1. The van der Waals surface area contributed by atoms with Gasteiger partial charge in [0.1, 0.15) is 11.3 Å². The Morgan fingerprint density at radius 1 is 1.14 bits per heavy atom. The maximum atomic E-state index is 12.8. The van der Waals surface area contributed by atoms with Crippen LogP contribution in [-0.4, -0.2) is 31.7 Å². The SMILES string of the molecule is Cc1cc(C)cc(NC(=O)c2cccnc2SCc2ccnc([S+](C)[O-])n2)c1. The first-order chi connectivity index (χ1) is 13.4. The molecule has 1 N–H and O–H groups in total. The fourth-order valence-electron chi connectivity index (χ4n) is 2.66. The van der Waals surface area contributed by atoms with Crippen LogP contribution in [0.4, 0.5) is 5.69 Å². The fraction of sp³-hybridized carbons (Fsp3) is 0.200. The van der Waals surface area contributed by atoms with Gasteiger partial charge in [-0.2, -0.15) is 9.97 Å². The van der Waals surface area contributed by atoms with Gasteiger partial charge in [-0.05, 0) is 55.3 Å². The van der Waals surface area contributed by atoms with E-state index in [1.165, 1.54) is 11.8 Å². The number of benzene rings is 1. The molecule has 2 aromatic heterocycles. The highest BCUT2D eigenvalue weighted by atomic mass is 32.2. The quantitative estimate of drug-likeness (QED) is 0.376. The smallest absolute Gasteiger partial charge is 0.342 e. The standard InChI is InChI=1S/C20H20N4O2S2/c1-13-9-14(2)11-16(10-13)23-18(25)17-5-4-7-21-19(17)27-12-15-6-8-22-20(24-15)28(3)26/h4-11H,12H2,1-3H3,(H,23,25). The number of nitrogens with zero attached hydrogens (tertiary/aromatic N) is 3. The minimum Gasteiger partial charge on any atom is -0.609 e. The predicted octanol–water partition coefficient (Wildman–Crippen LogP) is 3.77. The van der Waals surface area contributed by atoms with Gasteiger partial charge >= 0.3 is 5.16 Å². The summed E-state index contributed by atoms with van der Waals surface area (Å²) in [7, 11) is 0. The normalized spacial score (nSPS) is 11.9. The van der Waals surface area contributed by atoms with Gasteiger partial charge in [-0.15, -0.1) is 0 Å². The highest BCUT2D eigenvalue weighted by Gasteiger charge is 2.15. The number of aryl methyl sites for hydroxylation is 2. The third-order valence-corrected chi connectivity index (χ3v) is 5.55. The highest BCUT2D eigenvalue weighted by Crippen LogP contribution is 2.25. The molecule has 0 aliphatic heterocycles. The average Bonchev–Trinajstić information content (AvgIpc) is 2.66. The second kappa shape index (κ2) is 9.18. The lowest BCUT2D eigenvalue weighted by molar-refractivity contribution is 0.102. The Balaban J connectivity index is 1.75. The number of aromatic nitrogens is 3. The predicted molar refractivity (Wildman–Crippen MR) is 112 cm³/mol. The molecule has 1 amide bonds. The van der Waals surface area contributed by atoms with Crippen molar-refractivity contribution in [2.24, 2.45) is 0 Å². The van der Waals surface area contributed by atoms with Crippen molar-refractivity contribution in [2.45, 2.75) is 29.8 Å². The first-order valence-electron chi connectivity index (χ1n) is 8.55. The molecule has 1 unspecified atom stereocenters. The molecule has 28 heavy (non-hydrogen) atoms. The molecule has 0 saturated carbocycles. The van der Waals surface area contributed by atoms with Crippen molar-refractivity contribution >= 4 is 34.5 Å². The van der Waals surface area contributed by atoms with Crippen LogP contribution in [0.2, 0.25) is 0 Å². The summed E-state index contributed by atoms with van der Waals surface area (Å²) in [5.74, 6) is 0.284. The van der Waals surface area contributed by atoms with Crippen molar-refractivity contribution in [2.75, 3.05) is 11.6 Å². The lowest BCUT2D eigenvalue weighted by atomic mass is 10.1. The number of hydrogen-bond donors (Lipinski definition) is 1. The Morgan fingerprint density at radius 2 is 1.89 bits per heavy atom. The molecule has 1 atom stereocenters. The van der Waals surface area contributed by atoms with Crippen LogP contribution in [0.25, 0.3) is 0 Å². The molecule has 1 aromatic carbocycles. The van der Waals surface area contributed by atoms with E-state index < -0.39 is 11.2 Å². The molecular weight excluding hydrogens is 392 g/mol.